The van der Waals surface area contributed by atoms with E-state index in [2.05, 4.69) is 17.1 Å². The highest BCUT2D eigenvalue weighted by Crippen LogP contribution is 2.50. The number of H-pyrrole nitrogens is 1. The zero-order valence-corrected chi connectivity index (χ0v) is 18.3. The third-order valence-corrected chi connectivity index (χ3v) is 7.45. The van der Waals surface area contributed by atoms with E-state index in [9.17, 15) is 14.9 Å². The minimum absolute atomic E-state index is 0.0426. The molecule has 3 heterocycles. The van der Waals surface area contributed by atoms with Gasteiger partial charge in [-0.15, -0.1) is 0 Å². The van der Waals surface area contributed by atoms with Crippen molar-refractivity contribution in [2.45, 2.75) is 52.7 Å². The number of nitrogens with zero attached hydrogens (tertiary/aromatic N) is 2. The van der Waals surface area contributed by atoms with Gasteiger partial charge in [0.2, 0.25) is 0 Å². The molecule has 3 unspecified atom stereocenters. The molecule has 3 aliphatic rings. The predicted molar refractivity (Wildman–Crippen MR) is 117 cm³/mol. The maximum atomic E-state index is 13.6. The molecule has 0 radical (unpaired) electrons. The van der Waals surface area contributed by atoms with E-state index in [0.717, 1.165) is 29.0 Å². The number of ether oxygens (including phenoxy) is 1. The molecule has 1 aromatic carbocycles. The normalized spacial score (nSPS) is 27.9. The van der Waals surface area contributed by atoms with Gasteiger partial charge in [-0.25, -0.2) is 0 Å². The lowest BCUT2D eigenvalue weighted by atomic mass is 9.77. The van der Waals surface area contributed by atoms with E-state index in [4.69, 9.17) is 4.74 Å². The molecule has 0 saturated carbocycles. The van der Waals surface area contributed by atoms with Gasteiger partial charge in [-0.2, -0.15) is 0 Å². The second-order valence-corrected chi connectivity index (χ2v) is 9.29. The Morgan fingerprint density at radius 1 is 1.29 bits per heavy atom. The lowest BCUT2D eigenvalue weighted by molar-refractivity contribution is -0.436. The first-order valence-electron chi connectivity index (χ1n) is 10.8. The summed E-state index contributed by atoms with van der Waals surface area (Å²) >= 11 is 0. The van der Waals surface area contributed by atoms with Crippen molar-refractivity contribution in [2.75, 3.05) is 6.54 Å². The van der Waals surface area contributed by atoms with Crippen molar-refractivity contribution in [1.29, 1.82) is 0 Å². The van der Waals surface area contributed by atoms with Crippen LogP contribution in [-0.2, 0) is 22.5 Å². The van der Waals surface area contributed by atoms with Crippen LogP contribution in [0.15, 0.2) is 46.9 Å². The number of carbonyl (C=O) groups excluding carboxylic acids is 1. The Morgan fingerprint density at radius 2 is 2.03 bits per heavy atom. The van der Waals surface area contributed by atoms with Crippen molar-refractivity contribution in [1.82, 2.24) is 9.88 Å². The summed E-state index contributed by atoms with van der Waals surface area (Å²) in [5.74, 6) is 0.269. The number of hydrogen-bond donors (Lipinski definition) is 1. The van der Waals surface area contributed by atoms with E-state index in [-0.39, 0.29) is 28.4 Å². The number of rotatable bonds is 2. The van der Waals surface area contributed by atoms with Gasteiger partial charge in [-0.1, -0.05) is 25.1 Å². The number of allylic oxidation sites excluding steroid dienone is 4. The monoisotopic (exact) mass is 421 g/mol. The first-order chi connectivity index (χ1) is 14.7. The molecule has 7 heteroatoms. The van der Waals surface area contributed by atoms with Crippen molar-refractivity contribution < 1.29 is 14.5 Å². The number of hydrogen-bond acceptors (Lipinski definition) is 4. The molecule has 1 amide bonds. The Morgan fingerprint density at radius 3 is 2.77 bits per heavy atom. The summed E-state index contributed by atoms with van der Waals surface area (Å²) in [5, 5.41) is 12.9. The van der Waals surface area contributed by atoms with Gasteiger partial charge in [0.15, 0.2) is 5.60 Å². The third kappa shape index (κ3) is 2.82. The fourth-order valence-corrected chi connectivity index (χ4v) is 5.67. The van der Waals surface area contributed by atoms with Gasteiger partial charge in [0.25, 0.3) is 11.6 Å². The highest BCUT2D eigenvalue weighted by molar-refractivity contribution is 5.88. The number of benzene rings is 1. The van der Waals surface area contributed by atoms with Gasteiger partial charge < -0.3 is 14.6 Å². The van der Waals surface area contributed by atoms with E-state index in [1.807, 2.05) is 37.8 Å². The molecular formula is C24H27N3O4. The second kappa shape index (κ2) is 6.70. The van der Waals surface area contributed by atoms with Crippen LogP contribution in [0, 0.1) is 22.0 Å². The van der Waals surface area contributed by atoms with Gasteiger partial charge in [0.1, 0.15) is 5.76 Å². The lowest BCUT2D eigenvalue weighted by Crippen LogP contribution is -2.48. The number of para-hydroxylation sites is 1. The van der Waals surface area contributed by atoms with Crippen LogP contribution in [0.4, 0.5) is 0 Å². The highest BCUT2D eigenvalue weighted by atomic mass is 16.6. The maximum absolute atomic E-state index is 13.6. The SMILES string of the molecule is CC1=C2OC(C)(C(=O)N3CCc4c([nH]c5ccccc45)C3)CC2C(C)C([N+](=O)[O-])=C1C. The van der Waals surface area contributed by atoms with Gasteiger partial charge in [-0.3, -0.25) is 14.9 Å². The molecule has 2 aliphatic heterocycles. The Kier molecular flexibility index (Phi) is 4.29. The molecule has 1 aliphatic carbocycles. The molecule has 3 atom stereocenters. The summed E-state index contributed by atoms with van der Waals surface area (Å²) < 4.78 is 6.32. The van der Waals surface area contributed by atoms with Gasteiger partial charge in [0, 0.05) is 41.1 Å². The number of carbonyl (C=O) groups is 1. The molecule has 0 bridgehead atoms. The number of nitrogens with one attached hydrogen (secondary N) is 1. The number of nitro groups is 1. The molecule has 1 N–H and O–H groups in total. The van der Waals surface area contributed by atoms with E-state index >= 15 is 0 Å². The zero-order valence-electron chi connectivity index (χ0n) is 18.3. The van der Waals surface area contributed by atoms with Crippen LogP contribution in [0.5, 0.6) is 0 Å². The fraction of sp³-hybridized carbons (Fsp3) is 0.458. The maximum Gasteiger partial charge on any atom is 0.266 e. The van der Waals surface area contributed by atoms with E-state index in [1.165, 1.54) is 10.9 Å². The fourth-order valence-electron chi connectivity index (χ4n) is 5.67. The zero-order chi connectivity index (χ0) is 22.1. The molecule has 2 aromatic rings. The van der Waals surface area contributed by atoms with Crippen LogP contribution in [-0.4, -0.2) is 32.9 Å². The van der Waals surface area contributed by atoms with Gasteiger partial charge >= 0.3 is 0 Å². The van der Waals surface area contributed by atoms with Crippen LogP contribution in [0.2, 0.25) is 0 Å². The summed E-state index contributed by atoms with van der Waals surface area (Å²) in [5.41, 5.74) is 4.15. The van der Waals surface area contributed by atoms with Gasteiger partial charge in [0.05, 0.1) is 17.4 Å². The van der Waals surface area contributed by atoms with E-state index in [1.54, 1.807) is 6.92 Å². The molecular weight excluding hydrogens is 394 g/mol. The van der Waals surface area contributed by atoms with E-state index in [0.29, 0.717) is 25.1 Å². The molecule has 31 heavy (non-hydrogen) atoms. The lowest BCUT2D eigenvalue weighted by Gasteiger charge is -2.33. The Balaban J connectivity index is 1.42. The molecule has 0 spiro atoms. The molecule has 1 fully saturated rings. The standard InChI is InChI=1S/C24H27N3O4/c1-13-14(2)22-18(15(3)21(13)27(29)30)11-24(4,31-22)23(28)26-10-9-17-16-7-5-6-8-19(16)25-20(17)12-26/h5-8,15,18,25H,9-12H2,1-4H3. The topological polar surface area (TPSA) is 88.5 Å². The summed E-state index contributed by atoms with van der Waals surface area (Å²) in [7, 11) is 0. The van der Waals surface area contributed by atoms with Crippen LogP contribution in [0.1, 0.15) is 45.4 Å². The molecule has 1 saturated heterocycles. The van der Waals surface area contributed by atoms with Crippen molar-refractivity contribution in [3.8, 4) is 0 Å². The first-order valence-corrected chi connectivity index (χ1v) is 10.8. The molecule has 162 valence electrons. The van der Waals surface area contributed by atoms with Gasteiger partial charge in [-0.05, 0) is 44.4 Å². The van der Waals surface area contributed by atoms with Crippen LogP contribution < -0.4 is 0 Å². The number of aromatic nitrogens is 1. The number of aromatic amines is 1. The predicted octanol–water partition coefficient (Wildman–Crippen LogP) is 4.32. The highest BCUT2D eigenvalue weighted by Gasteiger charge is 2.54. The average Bonchev–Trinajstić information content (AvgIpc) is 3.30. The van der Waals surface area contributed by atoms with Crippen molar-refractivity contribution in [3.05, 3.63) is 68.2 Å². The average molecular weight is 421 g/mol. The number of amides is 1. The first kappa shape index (κ1) is 19.8. The van der Waals surface area contributed by atoms with Crippen molar-refractivity contribution in [3.63, 3.8) is 0 Å². The Hall–Kier alpha value is -3.09. The second-order valence-electron chi connectivity index (χ2n) is 9.29. The Labute approximate surface area is 180 Å². The smallest absolute Gasteiger partial charge is 0.266 e. The quantitative estimate of drug-likeness (QED) is 0.578. The molecule has 1 aromatic heterocycles. The van der Waals surface area contributed by atoms with Crippen molar-refractivity contribution in [2.24, 2.45) is 11.8 Å². The summed E-state index contributed by atoms with van der Waals surface area (Å²) in [6.45, 7) is 8.51. The molecule has 7 nitrogen and oxygen atoms in total. The van der Waals surface area contributed by atoms with Crippen LogP contribution in [0.25, 0.3) is 10.9 Å². The minimum Gasteiger partial charge on any atom is -0.481 e. The van der Waals surface area contributed by atoms with Crippen molar-refractivity contribution >= 4 is 16.8 Å². The number of fused-ring (bicyclic) bond motifs is 4. The summed E-state index contributed by atoms with van der Waals surface area (Å²) in [4.78, 5) is 30.3. The van der Waals surface area contributed by atoms with Crippen LogP contribution >= 0.6 is 0 Å². The minimum atomic E-state index is -1.01. The summed E-state index contributed by atoms with van der Waals surface area (Å²) in [6, 6.07) is 8.22. The summed E-state index contributed by atoms with van der Waals surface area (Å²) in [6.07, 6.45) is 1.26. The third-order valence-electron chi connectivity index (χ3n) is 7.45. The van der Waals surface area contributed by atoms with E-state index < -0.39 is 5.60 Å². The molecule has 5 rings (SSSR count). The van der Waals surface area contributed by atoms with Crippen LogP contribution in [0.3, 0.4) is 0 Å². The Bertz CT molecular complexity index is 1190. The largest absolute Gasteiger partial charge is 0.481 e.